The van der Waals surface area contributed by atoms with Crippen LogP contribution in [-0.2, 0) is 21.7 Å². The number of fused-ring (bicyclic) bond motifs is 1. The zero-order valence-electron chi connectivity index (χ0n) is 17.2. The molecule has 138 valence electrons. The summed E-state index contributed by atoms with van der Waals surface area (Å²) in [6.07, 6.45) is 3.85. The monoisotopic (exact) mass is 377 g/mol. The van der Waals surface area contributed by atoms with E-state index in [1.165, 1.54) is 16.3 Å². The van der Waals surface area contributed by atoms with Crippen LogP contribution in [0.25, 0.3) is 26.7 Å². The van der Waals surface area contributed by atoms with E-state index in [-0.39, 0.29) is 21.7 Å². The predicted octanol–water partition coefficient (Wildman–Crippen LogP) is 6.55. The first kappa shape index (κ1) is 31.7. The van der Waals surface area contributed by atoms with Gasteiger partial charge in [-0.15, -0.1) is 29.7 Å². The summed E-state index contributed by atoms with van der Waals surface area (Å²) in [5, 5.41) is 13.2. The molecule has 2 aromatic carbocycles. The quantitative estimate of drug-likeness (QED) is 0.307. The van der Waals surface area contributed by atoms with Crippen LogP contribution in [0.2, 0.25) is 0 Å². The molecule has 0 atom stereocenters. The van der Waals surface area contributed by atoms with Gasteiger partial charge in [-0.25, -0.2) is 0 Å². The van der Waals surface area contributed by atoms with Gasteiger partial charge in [0.1, 0.15) is 0 Å². The maximum atomic E-state index is 3.56. The molecule has 0 bridgehead atoms. The molecule has 0 heterocycles. The van der Waals surface area contributed by atoms with Gasteiger partial charge < -0.3 is 16.0 Å². The van der Waals surface area contributed by atoms with Gasteiger partial charge in [0.05, 0.1) is 0 Å². The van der Waals surface area contributed by atoms with E-state index < -0.39 is 0 Å². The van der Waals surface area contributed by atoms with Crippen molar-refractivity contribution in [2.24, 2.45) is 0 Å². The van der Waals surface area contributed by atoms with Crippen molar-refractivity contribution in [3.8, 4) is 0 Å². The molecule has 2 aromatic rings. The smallest absolute Gasteiger partial charge is 0.668 e. The molecule has 0 amide bonds. The van der Waals surface area contributed by atoms with Crippen LogP contribution in [0, 0.1) is 0 Å². The second kappa shape index (κ2) is 27.7. The number of hydrogen-bond donors (Lipinski definition) is 0. The summed E-state index contributed by atoms with van der Waals surface area (Å²) in [6.45, 7) is 7.58. The van der Waals surface area contributed by atoms with Crippen LogP contribution in [-0.4, -0.2) is 42.3 Å². The maximum absolute atomic E-state index is 3.56. The van der Waals surface area contributed by atoms with Crippen molar-refractivity contribution in [3.05, 3.63) is 82.7 Å². The third kappa shape index (κ3) is 25.3. The molecule has 0 unspecified atom stereocenters. The Bertz CT molecular complexity index is 470. The van der Waals surface area contributed by atoms with Crippen molar-refractivity contribution >= 4 is 10.8 Å². The topological polar surface area (TPSA) is 42.3 Å². The fourth-order valence-corrected chi connectivity index (χ4v) is 1.19. The van der Waals surface area contributed by atoms with Crippen LogP contribution in [0.1, 0.15) is 13.8 Å². The predicted molar refractivity (Wildman–Crippen MR) is 115 cm³/mol. The Balaban J connectivity index is -0.000000122. The van der Waals surface area contributed by atoms with Gasteiger partial charge in [-0.05, 0) is 13.8 Å². The fraction of sp³-hybridized carbons (Fsp3) is 0.381. The normalized spacial score (nSPS) is 8.56. The van der Waals surface area contributed by atoms with Crippen LogP contribution in [0.3, 0.4) is 0 Å². The first-order valence-corrected chi connectivity index (χ1v) is 7.82. The summed E-state index contributed by atoms with van der Waals surface area (Å²) in [4.78, 5) is 0. The first-order chi connectivity index (χ1) is 11.5. The molecule has 2 rings (SSSR count). The Labute approximate surface area is 171 Å². The van der Waals surface area contributed by atoms with E-state index in [1.54, 1.807) is 42.3 Å². The molecule has 0 fully saturated rings. The summed E-state index contributed by atoms with van der Waals surface area (Å²) >= 11 is 0. The molecule has 0 aliphatic rings. The van der Waals surface area contributed by atoms with Crippen LogP contribution in [0.4, 0.5) is 0 Å². The number of nitrogens with zero attached hydrogens (tertiary/aromatic N) is 3. The van der Waals surface area contributed by atoms with Gasteiger partial charge in [0.15, 0.2) is 0 Å². The average molecular weight is 377 g/mol. The second-order valence-corrected chi connectivity index (χ2v) is 4.73. The summed E-state index contributed by atoms with van der Waals surface area (Å²) in [5.41, 5.74) is 1.23. The van der Waals surface area contributed by atoms with Crippen molar-refractivity contribution in [3.63, 3.8) is 0 Å². The minimum absolute atomic E-state index is 0. The first-order valence-electron chi connectivity index (χ1n) is 7.82. The SMILES string of the molecule is C=CC(C)=CC.C[N-]C.C[N-]C.C[N-]C.[Ti+4].c1ccc2[cH-]ccc2c1. The van der Waals surface area contributed by atoms with Gasteiger partial charge >= 0.3 is 21.7 Å². The third-order valence-electron chi connectivity index (χ3n) is 2.32. The molecule has 0 aliphatic carbocycles. The number of allylic oxidation sites excluding steroid dienone is 3. The standard InChI is InChI=1S/C9H7.C6H10.3C2H6N.Ti/c1-2-5-9-7-3-6-8(9)4-1;1-4-6(3)5-2;3*1-3-2;/h1-7H;4-5H,1H2,2-3H3;3*1-2H3;/q-1;;3*-1;+4. The molecule has 0 aromatic heterocycles. The molecule has 0 spiro atoms. The van der Waals surface area contributed by atoms with Crippen molar-refractivity contribution in [1.82, 2.24) is 0 Å². The summed E-state index contributed by atoms with van der Waals surface area (Å²) in [7, 11) is 10.5. The van der Waals surface area contributed by atoms with E-state index in [0.717, 1.165) is 0 Å². The van der Waals surface area contributed by atoms with E-state index in [4.69, 9.17) is 0 Å². The summed E-state index contributed by atoms with van der Waals surface area (Å²) < 4.78 is 0. The molecule has 4 heteroatoms. The van der Waals surface area contributed by atoms with Gasteiger partial charge in [0.25, 0.3) is 0 Å². The Morgan fingerprint density at radius 1 is 0.920 bits per heavy atom. The summed E-state index contributed by atoms with van der Waals surface area (Å²) in [5.74, 6) is 0. The Morgan fingerprint density at radius 2 is 1.36 bits per heavy atom. The molecule has 0 saturated carbocycles. The fourth-order valence-electron chi connectivity index (χ4n) is 1.19. The van der Waals surface area contributed by atoms with Crippen LogP contribution in [0.15, 0.2) is 66.8 Å². The van der Waals surface area contributed by atoms with Crippen molar-refractivity contribution < 1.29 is 21.7 Å². The molecule has 0 saturated heterocycles. The minimum atomic E-state index is 0. The Morgan fingerprint density at radius 3 is 1.68 bits per heavy atom. The third-order valence-corrected chi connectivity index (χ3v) is 2.32. The van der Waals surface area contributed by atoms with Gasteiger partial charge in [-0.2, -0.15) is 59.8 Å². The van der Waals surface area contributed by atoms with Gasteiger partial charge in [-0.3, -0.25) is 0 Å². The number of hydrogen-bond acceptors (Lipinski definition) is 0. The molecule has 3 nitrogen and oxygen atoms in total. The molecular weight excluding hydrogens is 342 g/mol. The zero-order chi connectivity index (χ0) is 19.2. The maximum Gasteiger partial charge on any atom is 4.00 e. The number of rotatable bonds is 1. The van der Waals surface area contributed by atoms with Gasteiger partial charge in [-0.1, -0.05) is 30.4 Å². The van der Waals surface area contributed by atoms with E-state index in [1.807, 2.05) is 26.0 Å². The largest absolute Gasteiger partial charge is 4.00 e. The van der Waals surface area contributed by atoms with Crippen molar-refractivity contribution in [1.29, 1.82) is 0 Å². The van der Waals surface area contributed by atoms with Gasteiger partial charge in [0, 0.05) is 0 Å². The minimum Gasteiger partial charge on any atom is -0.668 e. The van der Waals surface area contributed by atoms with Crippen LogP contribution >= 0.6 is 0 Å². The van der Waals surface area contributed by atoms with Crippen LogP contribution < -0.4 is 0 Å². The molecule has 0 N–H and O–H groups in total. The average Bonchev–Trinajstić information content (AvgIpc) is 3.05. The molecule has 0 radical (unpaired) electrons. The number of benzene rings is 1. The Kier molecular flexibility index (Phi) is 35.1. The molecular formula is C21H35N3Ti. The Hall–Kier alpha value is -1.10. The molecule has 25 heavy (non-hydrogen) atoms. The van der Waals surface area contributed by atoms with E-state index in [9.17, 15) is 0 Å². The van der Waals surface area contributed by atoms with E-state index in [2.05, 4.69) is 65.0 Å². The van der Waals surface area contributed by atoms with E-state index >= 15 is 0 Å². The summed E-state index contributed by atoms with van der Waals surface area (Å²) in [6, 6.07) is 14.7. The molecule has 0 aliphatic heterocycles. The second-order valence-electron chi connectivity index (χ2n) is 4.73. The zero-order valence-corrected chi connectivity index (χ0v) is 18.8. The van der Waals surface area contributed by atoms with Crippen molar-refractivity contribution in [2.45, 2.75) is 13.8 Å². The van der Waals surface area contributed by atoms with E-state index in [0.29, 0.717) is 0 Å². The van der Waals surface area contributed by atoms with Gasteiger partial charge in [0.2, 0.25) is 0 Å². The van der Waals surface area contributed by atoms with Crippen LogP contribution in [0.5, 0.6) is 0 Å². The van der Waals surface area contributed by atoms with Crippen molar-refractivity contribution in [2.75, 3.05) is 42.3 Å².